The van der Waals surface area contributed by atoms with E-state index in [-0.39, 0.29) is 0 Å². The van der Waals surface area contributed by atoms with Gasteiger partial charge in [0.05, 0.1) is 5.69 Å². The molecule has 0 aromatic heterocycles. The van der Waals surface area contributed by atoms with Crippen molar-refractivity contribution in [3.8, 4) is 6.07 Å². The number of amides is 2. The molecule has 1 atom stereocenters. The van der Waals surface area contributed by atoms with E-state index in [2.05, 4.69) is 21.2 Å². The van der Waals surface area contributed by atoms with E-state index in [0.717, 1.165) is 0 Å². The topological polar surface area (TPSA) is 82.4 Å². The van der Waals surface area contributed by atoms with Gasteiger partial charge in [-0.15, -0.1) is 0 Å². The monoisotopic (exact) mass is 365 g/mol. The number of rotatable bonds is 1. The van der Waals surface area contributed by atoms with Gasteiger partial charge in [0.1, 0.15) is 11.7 Å². The van der Waals surface area contributed by atoms with Gasteiger partial charge in [-0.25, -0.2) is 4.79 Å². The Balaban J connectivity index is 2.48. The van der Waals surface area contributed by atoms with Crippen molar-refractivity contribution in [3.63, 3.8) is 0 Å². The zero-order valence-corrected chi connectivity index (χ0v) is 14.3. The van der Waals surface area contributed by atoms with Crippen molar-refractivity contribution in [2.75, 3.05) is 11.9 Å². The molecule has 22 heavy (non-hydrogen) atoms. The number of likely N-dealkylation sites (N-methyl/N-ethyl adjacent to an activating group) is 1. The maximum absolute atomic E-state index is 12.6. The minimum atomic E-state index is -1.78. The predicted octanol–water partition coefficient (Wildman–Crippen LogP) is 2.67. The highest BCUT2D eigenvalue weighted by Crippen LogP contribution is 2.43. The van der Waals surface area contributed by atoms with E-state index in [9.17, 15) is 14.9 Å². The third-order valence-corrected chi connectivity index (χ3v) is 3.85. The molecule has 1 aromatic rings. The van der Waals surface area contributed by atoms with Gasteiger partial charge in [0, 0.05) is 17.1 Å². The maximum Gasteiger partial charge on any atom is 0.409 e. The van der Waals surface area contributed by atoms with Crippen LogP contribution in [0.4, 0.5) is 10.5 Å². The molecule has 7 heteroatoms. The first-order valence-electron chi connectivity index (χ1n) is 6.62. The Labute approximate surface area is 137 Å². The number of nitriles is 1. The van der Waals surface area contributed by atoms with E-state index in [1.165, 1.54) is 4.90 Å². The van der Waals surface area contributed by atoms with Gasteiger partial charge < -0.3 is 9.64 Å². The quantitative estimate of drug-likeness (QED) is 0.829. The molecule has 0 bridgehead atoms. The number of ether oxygens (including phenoxy) is 1. The summed E-state index contributed by atoms with van der Waals surface area (Å²) in [7, 11) is 1.56. The number of halogens is 1. The van der Waals surface area contributed by atoms with Gasteiger partial charge in [0.2, 0.25) is 5.54 Å². The number of anilines is 1. The van der Waals surface area contributed by atoms with Crippen molar-refractivity contribution in [3.05, 3.63) is 28.2 Å². The Bertz CT molecular complexity index is 690. The van der Waals surface area contributed by atoms with Crippen LogP contribution in [0.3, 0.4) is 0 Å². The summed E-state index contributed by atoms with van der Waals surface area (Å²) >= 11 is 3.36. The number of hydrogen-bond acceptors (Lipinski definition) is 4. The van der Waals surface area contributed by atoms with Gasteiger partial charge in [-0.1, -0.05) is 12.1 Å². The Hall–Kier alpha value is -2.07. The van der Waals surface area contributed by atoms with Crippen LogP contribution in [0.25, 0.3) is 0 Å². The van der Waals surface area contributed by atoms with Crippen LogP contribution >= 0.6 is 15.9 Å². The van der Waals surface area contributed by atoms with E-state index < -0.39 is 23.1 Å². The van der Waals surface area contributed by atoms with Crippen LogP contribution in [-0.4, -0.2) is 24.6 Å². The maximum atomic E-state index is 12.6. The summed E-state index contributed by atoms with van der Waals surface area (Å²) in [6, 6.07) is 7.05. The van der Waals surface area contributed by atoms with Crippen molar-refractivity contribution < 1.29 is 14.3 Å². The van der Waals surface area contributed by atoms with E-state index in [1.54, 1.807) is 46.0 Å². The Kier molecular flexibility index (Phi) is 3.92. The predicted molar refractivity (Wildman–Crippen MR) is 84.2 cm³/mol. The molecule has 1 aromatic carbocycles. The lowest BCUT2D eigenvalue weighted by Gasteiger charge is -2.25. The van der Waals surface area contributed by atoms with Gasteiger partial charge in [-0.2, -0.15) is 5.26 Å². The molecular formula is C15H16BrN3O3. The second kappa shape index (κ2) is 5.29. The molecule has 2 rings (SSSR count). The second-order valence-corrected chi connectivity index (χ2v) is 6.84. The molecule has 0 saturated carbocycles. The molecule has 0 saturated heterocycles. The molecule has 1 unspecified atom stereocenters. The number of fused-ring (bicyclic) bond motifs is 1. The third-order valence-electron chi connectivity index (χ3n) is 3.21. The standard InChI is InChI=1S/C15H16BrN3O3/c1-14(2,3)22-13(21)18-15(8-17)9-6-5-7-10(16)11(9)19(4)12(15)20/h5-7H,1-4H3,(H,18,21). The van der Waals surface area contributed by atoms with E-state index in [0.29, 0.717) is 15.7 Å². The number of nitrogens with zero attached hydrogens (tertiary/aromatic N) is 2. The van der Waals surface area contributed by atoms with Crippen molar-refractivity contribution in [2.24, 2.45) is 0 Å². The fourth-order valence-corrected chi connectivity index (χ4v) is 2.97. The van der Waals surface area contributed by atoms with Crippen LogP contribution in [0.1, 0.15) is 26.3 Å². The largest absolute Gasteiger partial charge is 0.444 e. The lowest BCUT2D eigenvalue weighted by molar-refractivity contribution is -0.122. The minimum absolute atomic E-state index is 0.419. The molecule has 116 valence electrons. The molecule has 1 N–H and O–H groups in total. The number of alkyl carbamates (subject to hydrolysis) is 1. The summed E-state index contributed by atoms with van der Waals surface area (Å²) in [6.45, 7) is 5.12. The van der Waals surface area contributed by atoms with Crippen LogP contribution < -0.4 is 10.2 Å². The molecule has 6 nitrogen and oxygen atoms in total. The fraction of sp³-hybridized carbons (Fsp3) is 0.400. The molecular weight excluding hydrogens is 350 g/mol. The van der Waals surface area contributed by atoms with Gasteiger partial charge in [0.25, 0.3) is 5.91 Å². The first-order valence-corrected chi connectivity index (χ1v) is 7.41. The molecule has 0 aliphatic carbocycles. The van der Waals surface area contributed by atoms with Crippen molar-refractivity contribution in [1.29, 1.82) is 5.26 Å². The third kappa shape index (κ3) is 2.55. The van der Waals surface area contributed by atoms with Crippen molar-refractivity contribution >= 4 is 33.6 Å². The van der Waals surface area contributed by atoms with Crippen LogP contribution in [-0.2, 0) is 15.1 Å². The Morgan fingerprint density at radius 1 is 1.45 bits per heavy atom. The van der Waals surface area contributed by atoms with Crippen molar-refractivity contribution in [1.82, 2.24) is 5.32 Å². The van der Waals surface area contributed by atoms with Crippen LogP contribution in [0.5, 0.6) is 0 Å². The molecule has 1 aliphatic rings. The Morgan fingerprint density at radius 2 is 2.09 bits per heavy atom. The Morgan fingerprint density at radius 3 is 2.64 bits per heavy atom. The lowest BCUT2D eigenvalue weighted by atomic mass is 9.93. The van der Waals surface area contributed by atoms with Crippen LogP contribution in [0.2, 0.25) is 0 Å². The van der Waals surface area contributed by atoms with Gasteiger partial charge >= 0.3 is 6.09 Å². The highest BCUT2D eigenvalue weighted by Gasteiger charge is 2.53. The molecule has 1 heterocycles. The SMILES string of the molecule is CN1C(=O)C(C#N)(NC(=O)OC(C)(C)C)c2cccc(Br)c21. The first kappa shape index (κ1) is 16.3. The second-order valence-electron chi connectivity index (χ2n) is 5.99. The highest BCUT2D eigenvalue weighted by atomic mass is 79.9. The number of nitrogens with one attached hydrogen (secondary N) is 1. The molecule has 0 radical (unpaired) electrons. The average Bonchev–Trinajstić information content (AvgIpc) is 2.60. The summed E-state index contributed by atoms with van der Waals surface area (Å²) < 4.78 is 5.84. The van der Waals surface area contributed by atoms with E-state index in [1.807, 2.05) is 6.07 Å². The normalized spacial score (nSPS) is 20.4. The fourth-order valence-electron chi connectivity index (χ4n) is 2.34. The van der Waals surface area contributed by atoms with Gasteiger partial charge in [-0.05, 0) is 42.8 Å². The summed E-state index contributed by atoms with van der Waals surface area (Å²) in [5, 5.41) is 12.0. The zero-order valence-electron chi connectivity index (χ0n) is 12.7. The van der Waals surface area contributed by atoms with Gasteiger partial charge in [0.15, 0.2) is 0 Å². The highest BCUT2D eigenvalue weighted by molar-refractivity contribution is 9.10. The zero-order chi connectivity index (χ0) is 16.7. The molecule has 0 fully saturated rings. The number of hydrogen-bond donors (Lipinski definition) is 1. The van der Waals surface area contributed by atoms with E-state index in [4.69, 9.17) is 4.74 Å². The summed E-state index contributed by atoms with van der Waals surface area (Å²) in [4.78, 5) is 26.0. The first-order chi connectivity index (χ1) is 10.1. The van der Waals surface area contributed by atoms with Crippen LogP contribution in [0.15, 0.2) is 22.7 Å². The molecule has 1 aliphatic heterocycles. The molecule has 2 amide bonds. The average molecular weight is 366 g/mol. The smallest absolute Gasteiger partial charge is 0.409 e. The number of carbonyl (C=O) groups is 2. The number of benzene rings is 1. The minimum Gasteiger partial charge on any atom is -0.444 e. The summed E-state index contributed by atoms with van der Waals surface area (Å²) in [5.41, 5.74) is -1.53. The van der Waals surface area contributed by atoms with E-state index >= 15 is 0 Å². The summed E-state index contributed by atoms with van der Waals surface area (Å²) in [5.74, 6) is -0.525. The van der Waals surface area contributed by atoms with Gasteiger partial charge in [-0.3, -0.25) is 10.1 Å². The summed E-state index contributed by atoms with van der Waals surface area (Å²) in [6.07, 6.45) is -0.816. The number of carbonyl (C=O) groups excluding carboxylic acids is 2. The molecule has 0 spiro atoms. The lowest BCUT2D eigenvalue weighted by Crippen LogP contribution is -2.52. The number of para-hydroxylation sites is 1. The van der Waals surface area contributed by atoms with Crippen LogP contribution in [0, 0.1) is 11.3 Å². The van der Waals surface area contributed by atoms with Crippen molar-refractivity contribution in [2.45, 2.75) is 31.9 Å².